The highest BCUT2D eigenvalue weighted by Gasteiger charge is 2.47. The Labute approximate surface area is 212 Å². The van der Waals surface area contributed by atoms with Gasteiger partial charge in [0.15, 0.2) is 6.29 Å². The average molecular weight is 535 g/mol. The maximum atomic E-state index is 12.4. The van der Waals surface area contributed by atoms with Crippen LogP contribution >= 0.6 is 34.8 Å². The van der Waals surface area contributed by atoms with E-state index in [1.165, 1.54) is 0 Å². The molecule has 34 heavy (non-hydrogen) atoms. The second-order valence-electron chi connectivity index (χ2n) is 7.64. The van der Waals surface area contributed by atoms with Crippen molar-refractivity contribution in [3.05, 3.63) is 71.8 Å². The van der Waals surface area contributed by atoms with E-state index in [2.05, 4.69) is 5.32 Å². The highest BCUT2D eigenvalue weighted by molar-refractivity contribution is 6.67. The van der Waals surface area contributed by atoms with E-state index < -0.39 is 53.7 Å². The van der Waals surface area contributed by atoms with E-state index in [-0.39, 0.29) is 13.2 Å². The summed E-state index contributed by atoms with van der Waals surface area (Å²) in [6.07, 6.45) is -5.29. The minimum Gasteiger partial charge on any atom is -0.445 e. The predicted octanol–water partition coefficient (Wildman–Crippen LogP) is 3.33. The van der Waals surface area contributed by atoms with Crippen LogP contribution in [0.15, 0.2) is 60.7 Å². The lowest BCUT2D eigenvalue weighted by Gasteiger charge is -2.44. The molecule has 3 N–H and O–H groups in total. The molecule has 0 bridgehead atoms. The predicted molar refractivity (Wildman–Crippen MR) is 127 cm³/mol. The number of halogens is 3. The zero-order valence-electron chi connectivity index (χ0n) is 18.1. The molecule has 3 rings (SSSR count). The van der Waals surface area contributed by atoms with Crippen LogP contribution in [0.2, 0.25) is 0 Å². The zero-order chi connectivity index (χ0) is 24.6. The number of hydrogen-bond donors (Lipinski definition) is 3. The van der Waals surface area contributed by atoms with E-state index in [0.29, 0.717) is 0 Å². The third kappa shape index (κ3) is 8.25. The maximum absolute atomic E-state index is 12.4. The standard InChI is InChI=1S/C23H26Cl3NO7/c24-23(25,26)14-33-22(30)27-18-20(31-12-15-7-3-1-4-8-15)19(29)17(11-28)34-21(18)32-13-16-9-5-2-6-10-16/h1-10,17-21,28-29H,11-14H2,(H,27,30)/t17-,18+,19-,20-,21+/m1/s1. The van der Waals surface area contributed by atoms with Crippen LogP contribution in [-0.2, 0) is 32.2 Å². The second kappa shape index (κ2) is 12.9. The first-order valence-electron chi connectivity index (χ1n) is 10.5. The van der Waals surface area contributed by atoms with E-state index in [4.69, 9.17) is 53.8 Å². The molecule has 0 aliphatic carbocycles. The van der Waals surface area contributed by atoms with Crippen LogP contribution in [0.1, 0.15) is 11.1 Å². The first kappa shape index (κ1) is 27.0. The molecule has 2 aromatic rings. The van der Waals surface area contributed by atoms with Gasteiger partial charge in [0, 0.05) is 0 Å². The van der Waals surface area contributed by atoms with Crippen molar-refractivity contribution in [1.29, 1.82) is 0 Å². The Balaban J connectivity index is 1.78. The van der Waals surface area contributed by atoms with Crippen LogP contribution in [0.25, 0.3) is 0 Å². The molecule has 8 nitrogen and oxygen atoms in total. The number of ether oxygens (including phenoxy) is 4. The number of alkyl carbamates (subject to hydrolysis) is 1. The Kier molecular flexibility index (Phi) is 10.2. The highest BCUT2D eigenvalue weighted by Crippen LogP contribution is 2.28. The molecule has 0 unspecified atom stereocenters. The van der Waals surface area contributed by atoms with Crippen LogP contribution in [-0.4, -0.2) is 64.0 Å². The number of rotatable bonds is 9. The van der Waals surface area contributed by atoms with Crippen molar-refractivity contribution in [2.45, 2.75) is 47.7 Å². The van der Waals surface area contributed by atoms with E-state index in [1.54, 1.807) is 0 Å². The minimum atomic E-state index is -1.80. The largest absolute Gasteiger partial charge is 0.445 e. The number of amides is 1. The highest BCUT2D eigenvalue weighted by atomic mass is 35.6. The third-order valence-corrected chi connectivity index (χ3v) is 5.37. The maximum Gasteiger partial charge on any atom is 0.407 e. The van der Waals surface area contributed by atoms with Gasteiger partial charge in [0.05, 0.1) is 19.8 Å². The first-order chi connectivity index (χ1) is 16.3. The van der Waals surface area contributed by atoms with Crippen LogP contribution in [0, 0.1) is 0 Å². The van der Waals surface area contributed by atoms with Gasteiger partial charge in [-0.3, -0.25) is 0 Å². The van der Waals surface area contributed by atoms with E-state index in [0.717, 1.165) is 11.1 Å². The quantitative estimate of drug-likeness (QED) is 0.424. The summed E-state index contributed by atoms with van der Waals surface area (Å²) >= 11 is 17.0. The monoisotopic (exact) mass is 533 g/mol. The SMILES string of the molecule is O=C(N[C@@H]1[C@@H](OCc2ccccc2)O[C@H](CO)[C@@H](O)[C@@H]1OCc1ccccc1)OCC(Cl)(Cl)Cl. The number of alkyl halides is 3. The Morgan fingerprint density at radius 2 is 1.53 bits per heavy atom. The Bertz CT molecular complexity index is 885. The summed E-state index contributed by atoms with van der Waals surface area (Å²) < 4.78 is 20.8. The van der Waals surface area contributed by atoms with Gasteiger partial charge in [-0.1, -0.05) is 95.5 Å². The van der Waals surface area contributed by atoms with Gasteiger partial charge in [0.2, 0.25) is 3.79 Å². The lowest BCUT2D eigenvalue weighted by Crippen LogP contribution is -2.65. The van der Waals surface area contributed by atoms with E-state index in [1.807, 2.05) is 60.7 Å². The molecule has 1 fully saturated rings. The number of aliphatic hydroxyl groups is 2. The number of hydrogen-bond acceptors (Lipinski definition) is 7. The van der Waals surface area contributed by atoms with Crippen LogP contribution < -0.4 is 5.32 Å². The molecule has 0 aromatic heterocycles. The summed E-state index contributed by atoms with van der Waals surface area (Å²) in [6.45, 7) is -0.702. The number of benzene rings is 2. The molecule has 186 valence electrons. The third-order valence-electron chi connectivity index (χ3n) is 5.05. The van der Waals surface area contributed by atoms with E-state index >= 15 is 0 Å². The fourth-order valence-corrected chi connectivity index (χ4v) is 3.57. The van der Waals surface area contributed by atoms with Gasteiger partial charge in [0.25, 0.3) is 0 Å². The number of aliphatic hydroxyl groups excluding tert-OH is 2. The molecule has 11 heteroatoms. The average Bonchev–Trinajstić information content (AvgIpc) is 2.83. The first-order valence-corrected chi connectivity index (χ1v) is 11.7. The zero-order valence-corrected chi connectivity index (χ0v) is 20.3. The van der Waals surface area contributed by atoms with Gasteiger partial charge in [0.1, 0.15) is 31.0 Å². The fourth-order valence-electron chi connectivity index (χ4n) is 3.41. The lowest BCUT2D eigenvalue weighted by molar-refractivity contribution is -0.281. The molecule has 5 atom stereocenters. The van der Waals surface area contributed by atoms with Gasteiger partial charge in [-0.2, -0.15) is 0 Å². The molecule has 1 heterocycles. The molecule has 1 amide bonds. The second-order valence-corrected chi connectivity index (χ2v) is 10.2. The smallest absolute Gasteiger partial charge is 0.407 e. The van der Waals surface area contributed by atoms with Gasteiger partial charge < -0.3 is 34.5 Å². The van der Waals surface area contributed by atoms with Gasteiger partial charge >= 0.3 is 6.09 Å². The van der Waals surface area contributed by atoms with Crippen molar-refractivity contribution in [2.75, 3.05) is 13.2 Å². The number of carbonyl (C=O) groups is 1. The minimum absolute atomic E-state index is 0.132. The Hall–Kier alpha value is -1.62. The molecule has 0 spiro atoms. The molecule has 0 radical (unpaired) electrons. The molecule has 1 saturated heterocycles. The van der Waals surface area contributed by atoms with Crippen molar-refractivity contribution in [3.8, 4) is 0 Å². The van der Waals surface area contributed by atoms with Gasteiger partial charge in [-0.25, -0.2) is 4.79 Å². The van der Waals surface area contributed by atoms with Crippen molar-refractivity contribution in [2.24, 2.45) is 0 Å². The molecular formula is C23H26Cl3NO7. The molecule has 2 aromatic carbocycles. The van der Waals surface area contributed by atoms with Gasteiger partial charge in [-0.15, -0.1) is 0 Å². The number of nitrogens with one attached hydrogen (secondary N) is 1. The summed E-state index contributed by atoms with van der Waals surface area (Å²) in [6, 6.07) is 17.6. The summed E-state index contributed by atoms with van der Waals surface area (Å²) in [5, 5.41) is 23.2. The van der Waals surface area contributed by atoms with Crippen molar-refractivity contribution < 1.29 is 34.0 Å². The lowest BCUT2D eigenvalue weighted by atomic mass is 9.96. The van der Waals surface area contributed by atoms with Crippen LogP contribution in [0.4, 0.5) is 4.79 Å². The van der Waals surface area contributed by atoms with Gasteiger partial charge in [-0.05, 0) is 11.1 Å². The van der Waals surface area contributed by atoms with Crippen molar-refractivity contribution >= 4 is 40.9 Å². The molecule has 1 aliphatic heterocycles. The summed E-state index contributed by atoms with van der Waals surface area (Å²) in [5.74, 6) is 0. The number of carbonyl (C=O) groups excluding carboxylic acids is 1. The molecule has 1 aliphatic rings. The Morgan fingerprint density at radius 1 is 0.971 bits per heavy atom. The van der Waals surface area contributed by atoms with Crippen LogP contribution in [0.5, 0.6) is 0 Å². The Morgan fingerprint density at radius 3 is 2.06 bits per heavy atom. The molecule has 0 saturated carbocycles. The van der Waals surface area contributed by atoms with E-state index in [9.17, 15) is 15.0 Å². The summed E-state index contributed by atoms with van der Waals surface area (Å²) in [4.78, 5) is 12.4. The van der Waals surface area contributed by atoms with Crippen LogP contribution in [0.3, 0.4) is 0 Å². The van der Waals surface area contributed by atoms with Crippen molar-refractivity contribution in [3.63, 3.8) is 0 Å². The summed E-state index contributed by atoms with van der Waals surface area (Å²) in [5.41, 5.74) is 1.71. The summed E-state index contributed by atoms with van der Waals surface area (Å²) in [7, 11) is 0. The van der Waals surface area contributed by atoms with Crippen molar-refractivity contribution in [1.82, 2.24) is 5.32 Å². The topological polar surface area (TPSA) is 106 Å². The molecular weight excluding hydrogens is 509 g/mol. The fraction of sp³-hybridized carbons (Fsp3) is 0.435. The normalized spacial score (nSPS) is 25.0.